The number of hydrogen-bond acceptors (Lipinski definition) is 3. The van der Waals surface area contributed by atoms with Gasteiger partial charge in [0.25, 0.3) is 0 Å². The Kier molecular flexibility index (Phi) is 6.02. The van der Waals surface area contributed by atoms with E-state index >= 15 is 0 Å². The van der Waals surface area contributed by atoms with Crippen LogP contribution in [0.1, 0.15) is 33.1 Å². The lowest BCUT2D eigenvalue weighted by Gasteiger charge is -2.19. The molecule has 1 aliphatic carbocycles. The van der Waals surface area contributed by atoms with Crippen LogP contribution in [0.3, 0.4) is 0 Å². The predicted octanol–water partition coefficient (Wildman–Crippen LogP) is 1.14. The van der Waals surface area contributed by atoms with Crippen LogP contribution in [0.15, 0.2) is 12.2 Å². The summed E-state index contributed by atoms with van der Waals surface area (Å²) < 4.78 is 0. The monoisotopic (exact) mass is 268 g/mol. The van der Waals surface area contributed by atoms with E-state index in [9.17, 15) is 9.59 Å². The summed E-state index contributed by atoms with van der Waals surface area (Å²) >= 11 is 0. The minimum atomic E-state index is -0.817. The molecule has 0 aromatic carbocycles. The van der Waals surface area contributed by atoms with Gasteiger partial charge in [-0.3, -0.25) is 9.59 Å². The number of rotatable bonds is 7. The Bertz CT molecular complexity index is 353. The third-order valence-electron chi connectivity index (χ3n) is 3.29. The van der Waals surface area contributed by atoms with Crippen LogP contribution in [0.5, 0.6) is 0 Å². The fourth-order valence-electron chi connectivity index (χ4n) is 2.45. The van der Waals surface area contributed by atoms with E-state index in [4.69, 9.17) is 10.8 Å². The zero-order valence-electron chi connectivity index (χ0n) is 11.6. The van der Waals surface area contributed by atoms with Crippen LogP contribution in [0.2, 0.25) is 0 Å². The van der Waals surface area contributed by atoms with Crippen LogP contribution >= 0.6 is 0 Å². The quantitative estimate of drug-likeness (QED) is 0.604. The third kappa shape index (κ3) is 5.87. The molecule has 0 aromatic rings. The smallest absolute Gasteiger partial charge is 0.303 e. The predicted molar refractivity (Wildman–Crippen MR) is 73.4 cm³/mol. The number of carboxylic acid groups (broad SMARTS) is 1. The molecule has 5 nitrogen and oxygen atoms in total. The van der Waals surface area contributed by atoms with Crippen LogP contribution in [-0.4, -0.2) is 29.6 Å². The highest BCUT2D eigenvalue weighted by Gasteiger charge is 2.23. The van der Waals surface area contributed by atoms with E-state index in [2.05, 4.69) is 19.2 Å². The second kappa shape index (κ2) is 7.28. The summed E-state index contributed by atoms with van der Waals surface area (Å²) in [5.41, 5.74) is 5.71. The minimum absolute atomic E-state index is 0.0134. The molecule has 1 rings (SSSR count). The molecule has 0 aliphatic heterocycles. The Hall–Kier alpha value is -1.36. The van der Waals surface area contributed by atoms with Crippen LogP contribution in [0.25, 0.3) is 0 Å². The summed E-state index contributed by atoms with van der Waals surface area (Å²) in [4.78, 5) is 22.7. The number of aliphatic carboxylic acids is 1. The molecular weight excluding hydrogens is 244 g/mol. The topological polar surface area (TPSA) is 92.4 Å². The van der Waals surface area contributed by atoms with Gasteiger partial charge in [-0.1, -0.05) is 26.0 Å². The van der Waals surface area contributed by atoms with E-state index in [-0.39, 0.29) is 30.2 Å². The first-order valence-corrected chi connectivity index (χ1v) is 6.82. The summed E-state index contributed by atoms with van der Waals surface area (Å²) in [6.45, 7) is 4.52. The van der Waals surface area contributed by atoms with E-state index in [1.807, 2.05) is 12.2 Å². The number of nitrogens with one attached hydrogen (secondary N) is 1. The summed E-state index contributed by atoms with van der Waals surface area (Å²) in [6.07, 6.45) is 5.20. The maximum Gasteiger partial charge on any atom is 0.303 e. The molecule has 1 aliphatic rings. The summed E-state index contributed by atoms with van der Waals surface area (Å²) in [6, 6.07) is -0.0405. The zero-order chi connectivity index (χ0) is 14.4. The normalized spacial score (nSPS) is 23.6. The Morgan fingerprint density at radius 2 is 2.11 bits per heavy atom. The molecule has 1 amide bonds. The van der Waals surface area contributed by atoms with E-state index in [1.54, 1.807) is 0 Å². The van der Waals surface area contributed by atoms with Crippen molar-refractivity contribution in [3.05, 3.63) is 12.2 Å². The molecule has 0 bridgehead atoms. The average molecular weight is 268 g/mol. The molecule has 0 heterocycles. The van der Waals surface area contributed by atoms with Crippen molar-refractivity contribution in [2.45, 2.75) is 39.2 Å². The van der Waals surface area contributed by atoms with Crippen molar-refractivity contribution >= 4 is 11.9 Å². The van der Waals surface area contributed by atoms with Crippen LogP contribution in [0.4, 0.5) is 0 Å². The van der Waals surface area contributed by atoms with Crippen molar-refractivity contribution < 1.29 is 14.7 Å². The lowest BCUT2D eigenvalue weighted by molar-refractivity contribution is -0.138. The van der Waals surface area contributed by atoms with Crippen LogP contribution < -0.4 is 11.1 Å². The standard InChI is InChI=1S/C14H24N2O3/c1-9(2)5-10(6-13(17)18)8-16-14(19)11-3-4-12(15)7-11/h3-4,9-12H,5-8,15H2,1-2H3,(H,16,19)(H,17,18)/t10-,11?,12?/m0/s1. The fourth-order valence-corrected chi connectivity index (χ4v) is 2.45. The first-order valence-electron chi connectivity index (χ1n) is 6.82. The van der Waals surface area contributed by atoms with Gasteiger partial charge in [0.15, 0.2) is 0 Å². The molecule has 3 atom stereocenters. The van der Waals surface area contributed by atoms with Gasteiger partial charge in [-0.05, 0) is 24.7 Å². The minimum Gasteiger partial charge on any atom is -0.481 e. The molecule has 4 N–H and O–H groups in total. The van der Waals surface area contributed by atoms with Gasteiger partial charge in [-0.2, -0.15) is 0 Å². The van der Waals surface area contributed by atoms with Crippen molar-refractivity contribution in [1.29, 1.82) is 0 Å². The van der Waals surface area contributed by atoms with Gasteiger partial charge in [0, 0.05) is 19.0 Å². The van der Waals surface area contributed by atoms with E-state index < -0.39 is 5.97 Å². The van der Waals surface area contributed by atoms with E-state index in [1.165, 1.54) is 0 Å². The molecule has 0 aromatic heterocycles. The van der Waals surface area contributed by atoms with Crippen molar-refractivity contribution in [3.63, 3.8) is 0 Å². The second-order valence-corrected chi connectivity index (χ2v) is 5.73. The highest BCUT2D eigenvalue weighted by molar-refractivity contribution is 5.81. The SMILES string of the molecule is CC(C)C[C@H](CNC(=O)C1C=CC(N)C1)CC(=O)O. The zero-order valence-corrected chi connectivity index (χ0v) is 11.6. The highest BCUT2D eigenvalue weighted by atomic mass is 16.4. The Labute approximate surface area is 114 Å². The van der Waals surface area contributed by atoms with Gasteiger partial charge in [-0.15, -0.1) is 0 Å². The van der Waals surface area contributed by atoms with Crippen molar-refractivity contribution in [2.24, 2.45) is 23.5 Å². The molecule has 0 saturated carbocycles. The summed E-state index contributed by atoms with van der Waals surface area (Å²) in [5, 5.41) is 11.7. The number of nitrogens with two attached hydrogens (primary N) is 1. The molecule has 5 heteroatoms. The summed E-state index contributed by atoms with van der Waals surface area (Å²) in [5.74, 6) is -0.632. The second-order valence-electron chi connectivity index (χ2n) is 5.73. The van der Waals surface area contributed by atoms with Gasteiger partial charge in [0.05, 0.1) is 5.92 Å². The molecule has 108 valence electrons. The molecular formula is C14H24N2O3. The van der Waals surface area contributed by atoms with Gasteiger partial charge in [0.2, 0.25) is 5.91 Å². The van der Waals surface area contributed by atoms with Crippen molar-refractivity contribution in [3.8, 4) is 0 Å². The number of hydrogen-bond donors (Lipinski definition) is 3. The lowest BCUT2D eigenvalue weighted by Crippen LogP contribution is -2.35. The van der Waals surface area contributed by atoms with Crippen LogP contribution in [0, 0.1) is 17.8 Å². The fraction of sp³-hybridized carbons (Fsp3) is 0.714. The molecule has 0 saturated heterocycles. The number of carbonyl (C=O) groups excluding carboxylic acids is 1. The molecule has 0 fully saturated rings. The largest absolute Gasteiger partial charge is 0.481 e. The molecule has 0 spiro atoms. The maximum absolute atomic E-state index is 11.9. The van der Waals surface area contributed by atoms with E-state index in [0.717, 1.165) is 6.42 Å². The Morgan fingerprint density at radius 3 is 2.58 bits per heavy atom. The van der Waals surface area contributed by atoms with E-state index in [0.29, 0.717) is 18.9 Å². The average Bonchev–Trinajstić information content (AvgIpc) is 2.71. The molecule has 0 radical (unpaired) electrons. The number of carbonyl (C=O) groups is 2. The third-order valence-corrected chi connectivity index (χ3v) is 3.29. The van der Waals surface area contributed by atoms with Crippen molar-refractivity contribution in [1.82, 2.24) is 5.32 Å². The maximum atomic E-state index is 11.9. The number of amides is 1. The Balaban J connectivity index is 2.40. The van der Waals surface area contributed by atoms with Gasteiger partial charge >= 0.3 is 5.97 Å². The van der Waals surface area contributed by atoms with Gasteiger partial charge < -0.3 is 16.2 Å². The first-order chi connectivity index (χ1) is 8.88. The summed E-state index contributed by atoms with van der Waals surface area (Å²) in [7, 11) is 0. The molecule has 19 heavy (non-hydrogen) atoms. The highest BCUT2D eigenvalue weighted by Crippen LogP contribution is 2.18. The number of carboxylic acids is 1. The first kappa shape index (κ1) is 15.7. The van der Waals surface area contributed by atoms with Gasteiger partial charge in [-0.25, -0.2) is 0 Å². The lowest BCUT2D eigenvalue weighted by atomic mass is 9.94. The van der Waals surface area contributed by atoms with Crippen molar-refractivity contribution in [2.75, 3.05) is 6.54 Å². The van der Waals surface area contributed by atoms with Gasteiger partial charge in [0.1, 0.15) is 0 Å². The molecule has 2 unspecified atom stereocenters. The Morgan fingerprint density at radius 1 is 1.42 bits per heavy atom. The van der Waals surface area contributed by atoms with Crippen LogP contribution in [-0.2, 0) is 9.59 Å².